The number of esters is 2. The summed E-state index contributed by atoms with van der Waals surface area (Å²) < 4.78 is 37.1. The number of nitrogens with one attached hydrogen (secondary N) is 2. The molecule has 1 heterocycles. The monoisotopic (exact) mass is 482 g/mol. The Labute approximate surface area is 191 Å². The SMILES string of the molecule is COC(=O)C(CC(C)C)NC(=O)COC(=O)c1cccc(S(=O)(=O)NCc2cccs2)c1. The van der Waals surface area contributed by atoms with Gasteiger partial charge in [-0.15, -0.1) is 11.3 Å². The van der Waals surface area contributed by atoms with E-state index in [0.717, 1.165) is 4.88 Å². The lowest BCUT2D eigenvalue weighted by molar-refractivity contribution is -0.145. The molecule has 0 spiro atoms. The Hall–Kier alpha value is -2.76. The molecular weight excluding hydrogens is 456 g/mol. The van der Waals surface area contributed by atoms with Crippen LogP contribution in [0.25, 0.3) is 0 Å². The number of carbonyl (C=O) groups excluding carboxylic acids is 3. The molecule has 1 aromatic heterocycles. The van der Waals surface area contributed by atoms with Crippen molar-refractivity contribution in [2.45, 2.75) is 37.8 Å². The van der Waals surface area contributed by atoms with Crippen molar-refractivity contribution in [1.82, 2.24) is 10.0 Å². The summed E-state index contributed by atoms with van der Waals surface area (Å²) >= 11 is 1.42. The molecule has 0 bridgehead atoms. The van der Waals surface area contributed by atoms with Crippen molar-refractivity contribution < 1.29 is 32.3 Å². The summed E-state index contributed by atoms with van der Waals surface area (Å²) in [6.45, 7) is 3.28. The molecular formula is C21H26N2O7S2. The summed E-state index contributed by atoms with van der Waals surface area (Å²) in [5, 5.41) is 4.32. The van der Waals surface area contributed by atoms with Gasteiger partial charge in [0.25, 0.3) is 5.91 Å². The van der Waals surface area contributed by atoms with Crippen molar-refractivity contribution in [3.05, 3.63) is 52.2 Å². The van der Waals surface area contributed by atoms with Gasteiger partial charge in [-0.25, -0.2) is 22.7 Å². The summed E-state index contributed by atoms with van der Waals surface area (Å²) in [6, 6.07) is 8.09. The quantitative estimate of drug-likeness (QED) is 0.469. The van der Waals surface area contributed by atoms with Gasteiger partial charge >= 0.3 is 11.9 Å². The number of sulfonamides is 1. The highest BCUT2D eigenvalue weighted by molar-refractivity contribution is 7.89. The average molecular weight is 483 g/mol. The van der Waals surface area contributed by atoms with Crippen molar-refractivity contribution in [2.24, 2.45) is 5.92 Å². The number of thiophene rings is 1. The smallest absolute Gasteiger partial charge is 0.338 e. The minimum absolute atomic E-state index is 0.0245. The molecule has 2 N–H and O–H groups in total. The number of methoxy groups -OCH3 is 1. The van der Waals surface area contributed by atoms with Gasteiger partial charge in [-0.3, -0.25) is 4.79 Å². The topological polar surface area (TPSA) is 128 Å². The number of ether oxygens (including phenoxy) is 2. The normalized spacial score (nSPS) is 12.2. The molecule has 2 aromatic rings. The Balaban J connectivity index is 1.97. The van der Waals surface area contributed by atoms with Crippen molar-refractivity contribution in [3.63, 3.8) is 0 Å². The van der Waals surface area contributed by atoms with Gasteiger partial charge in [0.15, 0.2) is 6.61 Å². The van der Waals surface area contributed by atoms with Crippen LogP contribution in [-0.4, -0.2) is 46.0 Å². The van der Waals surface area contributed by atoms with Crippen LogP contribution in [0.5, 0.6) is 0 Å². The summed E-state index contributed by atoms with van der Waals surface area (Å²) in [6.07, 6.45) is 0.366. The van der Waals surface area contributed by atoms with Gasteiger partial charge in [0.05, 0.1) is 17.6 Å². The second-order valence-corrected chi connectivity index (χ2v) is 10.1. The average Bonchev–Trinajstić information content (AvgIpc) is 3.28. The Morgan fingerprint density at radius 2 is 1.88 bits per heavy atom. The van der Waals surface area contributed by atoms with Crippen molar-refractivity contribution >= 4 is 39.2 Å². The van der Waals surface area contributed by atoms with E-state index in [2.05, 4.69) is 14.8 Å². The summed E-state index contributed by atoms with van der Waals surface area (Å²) in [5.74, 6) is -2.00. The summed E-state index contributed by atoms with van der Waals surface area (Å²) in [4.78, 5) is 37.0. The second-order valence-electron chi connectivity index (χ2n) is 7.28. The minimum Gasteiger partial charge on any atom is -0.467 e. The van der Waals surface area contributed by atoms with E-state index in [4.69, 9.17) is 4.74 Å². The molecule has 1 atom stereocenters. The molecule has 1 aromatic carbocycles. The lowest BCUT2D eigenvalue weighted by Gasteiger charge is -2.18. The van der Waals surface area contributed by atoms with Crippen molar-refractivity contribution in [2.75, 3.05) is 13.7 Å². The number of hydrogen-bond donors (Lipinski definition) is 2. The third-order valence-electron chi connectivity index (χ3n) is 4.26. The van der Waals surface area contributed by atoms with Crippen LogP contribution in [0.4, 0.5) is 0 Å². The van der Waals surface area contributed by atoms with Gasteiger partial charge in [-0.05, 0) is 42.0 Å². The molecule has 174 valence electrons. The third-order valence-corrected chi connectivity index (χ3v) is 6.53. The second kappa shape index (κ2) is 11.7. The molecule has 0 aliphatic rings. The van der Waals surface area contributed by atoms with Gasteiger partial charge in [0.1, 0.15) is 6.04 Å². The first-order chi connectivity index (χ1) is 15.1. The summed E-state index contributed by atoms with van der Waals surface area (Å²) in [5.41, 5.74) is -0.0245. The van der Waals surface area contributed by atoms with E-state index >= 15 is 0 Å². The van der Waals surface area contributed by atoms with Gasteiger partial charge in [0, 0.05) is 11.4 Å². The molecule has 9 nitrogen and oxygen atoms in total. The highest BCUT2D eigenvalue weighted by Gasteiger charge is 2.23. The maximum absolute atomic E-state index is 12.5. The molecule has 11 heteroatoms. The Morgan fingerprint density at radius 3 is 2.50 bits per heavy atom. The van der Waals surface area contributed by atoms with Crippen LogP contribution in [0.2, 0.25) is 0 Å². The number of rotatable bonds is 11. The molecule has 0 aliphatic carbocycles. The number of benzene rings is 1. The first-order valence-electron chi connectivity index (χ1n) is 9.78. The number of amides is 1. The molecule has 1 unspecified atom stereocenters. The fourth-order valence-corrected chi connectivity index (χ4v) is 4.52. The van der Waals surface area contributed by atoms with Crippen molar-refractivity contribution in [3.8, 4) is 0 Å². The zero-order chi connectivity index (χ0) is 23.7. The maximum atomic E-state index is 12.5. The predicted octanol–water partition coefficient (Wildman–Crippen LogP) is 2.09. The molecule has 32 heavy (non-hydrogen) atoms. The minimum atomic E-state index is -3.85. The van der Waals surface area contributed by atoms with Crippen molar-refractivity contribution in [1.29, 1.82) is 0 Å². The molecule has 0 fully saturated rings. The largest absolute Gasteiger partial charge is 0.467 e. The van der Waals surface area contributed by atoms with E-state index in [1.807, 2.05) is 25.3 Å². The molecule has 0 radical (unpaired) electrons. The lowest BCUT2D eigenvalue weighted by atomic mass is 10.0. The van der Waals surface area contributed by atoms with E-state index in [0.29, 0.717) is 6.42 Å². The number of hydrogen-bond acceptors (Lipinski definition) is 8. The Kier molecular flexibility index (Phi) is 9.36. The van der Waals surface area contributed by atoms with E-state index in [9.17, 15) is 22.8 Å². The third kappa shape index (κ3) is 7.74. The molecule has 1 amide bonds. The van der Waals surface area contributed by atoms with E-state index in [1.54, 1.807) is 6.07 Å². The summed E-state index contributed by atoms with van der Waals surface area (Å²) in [7, 11) is -2.62. The van der Waals surface area contributed by atoms with Gasteiger partial charge in [-0.2, -0.15) is 0 Å². The van der Waals surface area contributed by atoms with Gasteiger partial charge < -0.3 is 14.8 Å². The van der Waals surface area contributed by atoms with Crippen LogP contribution in [0.3, 0.4) is 0 Å². The highest BCUT2D eigenvalue weighted by Crippen LogP contribution is 2.15. The van der Waals surface area contributed by atoms with Crippen LogP contribution >= 0.6 is 11.3 Å². The van der Waals surface area contributed by atoms with Crippen LogP contribution in [0.1, 0.15) is 35.5 Å². The fraction of sp³-hybridized carbons (Fsp3) is 0.381. The van der Waals surface area contributed by atoms with Crippen LogP contribution in [-0.2, 0) is 35.6 Å². The fourth-order valence-electron chi connectivity index (χ4n) is 2.73. The Bertz CT molecular complexity index is 1030. The first kappa shape index (κ1) is 25.5. The zero-order valence-electron chi connectivity index (χ0n) is 18.0. The van der Waals surface area contributed by atoms with Crippen LogP contribution in [0, 0.1) is 5.92 Å². The van der Waals surface area contributed by atoms with Crippen LogP contribution in [0.15, 0.2) is 46.7 Å². The lowest BCUT2D eigenvalue weighted by Crippen LogP contribution is -2.44. The van der Waals surface area contributed by atoms with E-state index in [1.165, 1.54) is 42.7 Å². The van der Waals surface area contributed by atoms with E-state index < -0.39 is 40.5 Å². The van der Waals surface area contributed by atoms with Gasteiger partial charge in [0.2, 0.25) is 10.0 Å². The highest BCUT2D eigenvalue weighted by atomic mass is 32.2. The maximum Gasteiger partial charge on any atom is 0.338 e. The first-order valence-corrected chi connectivity index (χ1v) is 12.1. The molecule has 0 aliphatic heterocycles. The molecule has 0 saturated carbocycles. The molecule has 0 saturated heterocycles. The van der Waals surface area contributed by atoms with Gasteiger partial charge in [-0.1, -0.05) is 26.0 Å². The Morgan fingerprint density at radius 1 is 1.12 bits per heavy atom. The predicted molar refractivity (Wildman–Crippen MR) is 118 cm³/mol. The number of carbonyl (C=O) groups is 3. The zero-order valence-corrected chi connectivity index (χ0v) is 19.6. The van der Waals surface area contributed by atoms with Crippen LogP contribution < -0.4 is 10.0 Å². The van der Waals surface area contributed by atoms with E-state index in [-0.39, 0.29) is 22.9 Å². The standard InChI is InChI=1S/C21H26N2O7S2/c1-14(2)10-18(21(26)29-3)23-19(24)13-30-20(25)15-6-4-8-17(11-15)32(27,28)22-12-16-7-5-9-31-16/h4-9,11,14,18,22H,10,12-13H2,1-3H3,(H,23,24). The molecule has 2 rings (SSSR count).